The van der Waals surface area contributed by atoms with E-state index in [1.165, 1.54) is 133 Å². The number of anilines is 6. The second-order valence-electron chi connectivity index (χ2n) is 31.4. The maximum absolute atomic E-state index is 2.50. The number of fused-ring (bicyclic) bond motifs is 26. The van der Waals surface area contributed by atoms with Crippen molar-refractivity contribution in [3.63, 3.8) is 0 Å². The number of hydrogen-bond acceptors (Lipinski definition) is 2. The summed E-state index contributed by atoms with van der Waals surface area (Å²) < 4.78 is 4.86. The lowest BCUT2D eigenvalue weighted by atomic mass is 9.70. The van der Waals surface area contributed by atoms with Gasteiger partial charge in [0, 0.05) is 67.0 Å². The van der Waals surface area contributed by atoms with Crippen LogP contribution in [0.25, 0.3) is 134 Å². The Labute approximate surface area is 673 Å². The van der Waals surface area contributed by atoms with Gasteiger partial charge in [0.25, 0.3) is 0 Å². The Morgan fingerprint density at radius 2 is 0.422 bits per heavy atom. The third-order valence-corrected chi connectivity index (χ3v) is 25.5. The number of para-hydroxylation sites is 4. The molecular weight excluding hydrogens is 1400 g/mol. The highest BCUT2D eigenvalue weighted by atomic mass is 15.1. The van der Waals surface area contributed by atoms with Gasteiger partial charge < -0.3 is 18.9 Å². The van der Waals surface area contributed by atoms with Crippen molar-refractivity contribution < 1.29 is 0 Å². The number of aromatic nitrogens is 2. The molecule has 116 heavy (non-hydrogen) atoms. The number of benzene rings is 18. The topological polar surface area (TPSA) is 16.3 Å². The van der Waals surface area contributed by atoms with Crippen LogP contribution in [0.4, 0.5) is 34.1 Å². The fourth-order valence-corrected chi connectivity index (χ4v) is 20.6. The summed E-state index contributed by atoms with van der Waals surface area (Å²) in [6.07, 6.45) is 4.45. The molecule has 0 saturated carbocycles. The first kappa shape index (κ1) is 65.6. The molecule has 2 aromatic heterocycles. The summed E-state index contributed by atoms with van der Waals surface area (Å²) in [6.45, 7) is 0. The van der Waals surface area contributed by atoms with Gasteiger partial charge in [-0.05, 0) is 268 Å². The lowest BCUT2D eigenvalue weighted by Gasteiger charge is -2.30. The highest BCUT2D eigenvalue weighted by Crippen LogP contribution is 2.65. The SMILES string of the molecule is C(=C\c1ccc(N(c2ccccc2)c2ccc3c(c2)c2cc(-c4ccc5c(c4)C4(c6ccccc6-c6ccccc64)c4ccccc4-5)ccc2n3-c2ccccc2)cc1)/c1ccc(N(c2ccccc2)c2ccc3c(c2)c2cc(-c4ccc5c(c4)C4(c6ccccc6-c6ccccc64)c4ccccc4-5)ccc2n3-c2ccccc2)cc1. The molecule has 0 unspecified atom stereocenters. The van der Waals surface area contributed by atoms with E-state index in [-0.39, 0.29) is 0 Å². The fraction of sp³-hybridized carbons (Fsp3) is 0.0179. The summed E-state index contributed by atoms with van der Waals surface area (Å²) in [5.74, 6) is 0. The molecule has 4 nitrogen and oxygen atoms in total. The highest BCUT2D eigenvalue weighted by molar-refractivity contribution is 6.14. The summed E-state index contributed by atoms with van der Waals surface area (Å²) in [4.78, 5) is 4.78. The second kappa shape index (κ2) is 25.7. The minimum atomic E-state index is -0.432. The average Bonchev–Trinajstić information content (AvgIpc) is 1.51. The molecule has 4 aliphatic carbocycles. The van der Waals surface area contributed by atoms with Crippen molar-refractivity contribution in [1.29, 1.82) is 0 Å². The molecule has 4 aliphatic rings. The maximum Gasteiger partial charge on any atom is 0.0725 e. The molecule has 4 heteroatoms. The van der Waals surface area contributed by atoms with Crippen molar-refractivity contribution in [3.05, 3.63) is 480 Å². The summed E-state index contributed by atoms with van der Waals surface area (Å²) in [6, 6.07) is 158. The van der Waals surface area contributed by atoms with Crippen molar-refractivity contribution >= 4 is 89.9 Å². The van der Waals surface area contributed by atoms with Gasteiger partial charge in [0.2, 0.25) is 0 Å². The van der Waals surface area contributed by atoms with Crippen molar-refractivity contribution in [1.82, 2.24) is 9.13 Å². The molecule has 0 bridgehead atoms. The fourth-order valence-electron chi connectivity index (χ4n) is 20.6. The quantitative estimate of drug-likeness (QED) is 0.113. The van der Waals surface area contributed by atoms with Gasteiger partial charge in [0.1, 0.15) is 0 Å². The van der Waals surface area contributed by atoms with Crippen LogP contribution in [-0.4, -0.2) is 9.13 Å². The summed E-state index contributed by atoms with van der Waals surface area (Å²) >= 11 is 0. The van der Waals surface area contributed by atoms with Crippen LogP contribution in [0.1, 0.15) is 55.6 Å². The molecule has 0 fully saturated rings. The smallest absolute Gasteiger partial charge is 0.0725 e. The van der Waals surface area contributed by atoms with Gasteiger partial charge in [-0.15, -0.1) is 0 Å². The van der Waals surface area contributed by atoms with Crippen LogP contribution in [-0.2, 0) is 10.8 Å². The van der Waals surface area contributed by atoms with E-state index in [0.29, 0.717) is 0 Å². The zero-order chi connectivity index (χ0) is 76.2. The Hall–Kier alpha value is -15.1. The Kier molecular flexibility index (Phi) is 14.5. The summed E-state index contributed by atoms with van der Waals surface area (Å²) in [7, 11) is 0. The van der Waals surface area contributed by atoms with E-state index in [2.05, 4.69) is 456 Å². The van der Waals surface area contributed by atoms with E-state index < -0.39 is 10.8 Å². The molecule has 0 amide bonds. The standard InChI is InChI=1S/C112H72N4/c1-5-25-79(26-6-1)113(85-59-65-109-97(71-85)95-67-75(53-63-107(95)115(109)81-29-9-3-10-30-81)77-51-61-93-91-37-17-23-43-103(91)111(105(93)69-77)99-39-19-13-33-87(99)88-34-14-20-40-100(88)111)83-55-47-73(48-56-83)45-46-74-49-57-84(58-50-74)114(80-27-7-2-8-28-80)86-60-66-110-98(72-86)96-68-76(54-64-108(96)116(110)82-31-11-4-12-32-82)78-52-62-94-92-38-18-24-44-104(92)112(106(94)70-78)101-41-21-15-35-89(101)90-36-16-22-42-102(90)112/h1-72H/b46-45+. The molecule has 0 aliphatic heterocycles. The van der Waals surface area contributed by atoms with Crippen LogP contribution >= 0.6 is 0 Å². The van der Waals surface area contributed by atoms with Gasteiger partial charge in [-0.25, -0.2) is 0 Å². The van der Waals surface area contributed by atoms with Crippen molar-refractivity contribution in [2.45, 2.75) is 10.8 Å². The first-order valence-electron chi connectivity index (χ1n) is 40.3. The van der Waals surface area contributed by atoms with Crippen LogP contribution in [0, 0.1) is 0 Å². The Balaban J connectivity index is 0.562. The Morgan fingerprint density at radius 1 is 0.181 bits per heavy atom. The van der Waals surface area contributed by atoms with E-state index in [1.54, 1.807) is 0 Å². The van der Waals surface area contributed by atoms with E-state index in [9.17, 15) is 0 Å². The Bertz CT molecular complexity index is 6860. The zero-order valence-corrected chi connectivity index (χ0v) is 63.4. The number of rotatable bonds is 12. The Morgan fingerprint density at radius 3 is 0.750 bits per heavy atom. The average molecular weight is 1470 g/mol. The lowest BCUT2D eigenvalue weighted by molar-refractivity contribution is 0.794. The van der Waals surface area contributed by atoms with Gasteiger partial charge in [0.15, 0.2) is 0 Å². The lowest BCUT2D eigenvalue weighted by Crippen LogP contribution is -2.25. The van der Waals surface area contributed by atoms with E-state index in [4.69, 9.17) is 0 Å². The molecule has 2 spiro atoms. The van der Waals surface area contributed by atoms with Gasteiger partial charge in [-0.2, -0.15) is 0 Å². The van der Waals surface area contributed by atoms with Gasteiger partial charge in [-0.3, -0.25) is 0 Å². The first-order chi connectivity index (χ1) is 57.5. The predicted molar refractivity (Wildman–Crippen MR) is 483 cm³/mol. The van der Waals surface area contributed by atoms with Crippen molar-refractivity contribution in [2.75, 3.05) is 9.80 Å². The summed E-state index contributed by atoms with van der Waals surface area (Å²) in [5.41, 5.74) is 40.6. The molecule has 0 atom stereocenters. The normalized spacial score (nSPS) is 13.3. The number of nitrogens with zero attached hydrogens (tertiary/aromatic N) is 4. The van der Waals surface area contributed by atoms with Gasteiger partial charge >= 0.3 is 0 Å². The molecule has 24 rings (SSSR count). The minimum absolute atomic E-state index is 0.432. The first-order valence-corrected chi connectivity index (χ1v) is 40.3. The molecule has 20 aromatic rings. The molecule has 0 saturated heterocycles. The predicted octanol–water partition coefficient (Wildman–Crippen LogP) is 29.0. The highest BCUT2D eigenvalue weighted by Gasteiger charge is 2.53. The van der Waals surface area contributed by atoms with Crippen LogP contribution < -0.4 is 9.80 Å². The van der Waals surface area contributed by atoms with Gasteiger partial charge in [-0.1, -0.05) is 291 Å². The third-order valence-electron chi connectivity index (χ3n) is 25.5. The van der Waals surface area contributed by atoms with Crippen LogP contribution in [0.5, 0.6) is 0 Å². The molecule has 18 aromatic carbocycles. The van der Waals surface area contributed by atoms with Crippen molar-refractivity contribution in [3.8, 4) is 78.1 Å². The largest absolute Gasteiger partial charge is 0.310 e. The molecule has 2 heterocycles. The van der Waals surface area contributed by atoms with Crippen LogP contribution in [0.15, 0.2) is 425 Å². The maximum atomic E-state index is 2.50. The second-order valence-corrected chi connectivity index (χ2v) is 31.4. The molecule has 540 valence electrons. The molecule has 0 radical (unpaired) electrons. The van der Waals surface area contributed by atoms with E-state index >= 15 is 0 Å². The third kappa shape index (κ3) is 9.62. The van der Waals surface area contributed by atoms with Crippen molar-refractivity contribution in [2.24, 2.45) is 0 Å². The number of hydrogen-bond donors (Lipinski definition) is 0. The minimum Gasteiger partial charge on any atom is -0.310 e. The van der Waals surface area contributed by atoms with E-state index in [0.717, 1.165) is 78.7 Å². The molecular formula is C112H72N4. The van der Waals surface area contributed by atoms with Crippen LogP contribution in [0.3, 0.4) is 0 Å². The summed E-state index contributed by atoms with van der Waals surface area (Å²) in [5, 5.41) is 4.76. The molecule has 0 N–H and O–H groups in total. The van der Waals surface area contributed by atoms with Crippen LogP contribution in [0.2, 0.25) is 0 Å². The zero-order valence-electron chi connectivity index (χ0n) is 63.4. The van der Waals surface area contributed by atoms with Gasteiger partial charge in [0.05, 0.1) is 32.9 Å². The monoisotopic (exact) mass is 1470 g/mol. The van der Waals surface area contributed by atoms with E-state index in [1.807, 2.05) is 0 Å².